The highest BCUT2D eigenvalue weighted by atomic mass is 19.4. The van der Waals surface area contributed by atoms with E-state index >= 15 is 0 Å². The molecule has 0 saturated carbocycles. The van der Waals surface area contributed by atoms with Gasteiger partial charge in [0, 0.05) is 23.6 Å². The molecule has 5 rings (SSSR count). The zero-order valence-corrected chi connectivity index (χ0v) is 16.2. The molecule has 0 radical (unpaired) electrons. The molecule has 0 fully saturated rings. The van der Waals surface area contributed by atoms with Crippen molar-refractivity contribution in [1.29, 1.82) is 0 Å². The van der Waals surface area contributed by atoms with Gasteiger partial charge in [-0.1, -0.05) is 0 Å². The van der Waals surface area contributed by atoms with Crippen LogP contribution in [0.1, 0.15) is 38.9 Å². The summed E-state index contributed by atoms with van der Waals surface area (Å²) in [5.74, 6) is -0.156. The number of fused-ring (bicyclic) bond motifs is 4. The summed E-state index contributed by atoms with van der Waals surface area (Å²) < 4.78 is 49.5. The maximum atomic E-state index is 13.1. The zero-order chi connectivity index (χ0) is 21.9. The van der Waals surface area contributed by atoms with Gasteiger partial charge in [-0.2, -0.15) is 13.2 Å². The summed E-state index contributed by atoms with van der Waals surface area (Å²) in [5.41, 5.74) is 7.74. The van der Waals surface area contributed by atoms with Gasteiger partial charge >= 0.3 is 6.18 Å². The molecule has 0 spiro atoms. The topological polar surface area (TPSA) is 103 Å². The lowest BCUT2D eigenvalue weighted by Crippen LogP contribution is -2.32. The van der Waals surface area contributed by atoms with Crippen LogP contribution in [0.4, 0.5) is 19.0 Å². The Morgan fingerprint density at radius 3 is 2.77 bits per heavy atom. The summed E-state index contributed by atoms with van der Waals surface area (Å²) in [6, 6.07) is 3.22. The quantitative estimate of drug-likeness (QED) is 0.666. The van der Waals surface area contributed by atoms with Gasteiger partial charge in [0.1, 0.15) is 23.8 Å². The third kappa shape index (κ3) is 3.12. The van der Waals surface area contributed by atoms with Crippen molar-refractivity contribution in [2.45, 2.75) is 25.4 Å². The van der Waals surface area contributed by atoms with Crippen molar-refractivity contribution in [3.63, 3.8) is 0 Å². The Labute approximate surface area is 173 Å². The van der Waals surface area contributed by atoms with Crippen molar-refractivity contribution in [3.8, 4) is 5.88 Å². The molecule has 2 N–H and O–H groups in total. The van der Waals surface area contributed by atoms with Crippen molar-refractivity contribution in [2.24, 2.45) is 0 Å². The first-order valence-corrected chi connectivity index (χ1v) is 9.37. The van der Waals surface area contributed by atoms with Crippen molar-refractivity contribution in [2.75, 3.05) is 19.4 Å². The van der Waals surface area contributed by atoms with Crippen molar-refractivity contribution >= 4 is 22.6 Å². The summed E-state index contributed by atoms with van der Waals surface area (Å²) >= 11 is 0. The summed E-state index contributed by atoms with van der Waals surface area (Å²) in [5, 5.41) is 0.730. The molecule has 1 atom stereocenters. The largest absolute Gasteiger partial charge is 0.475 e. The number of alkyl halides is 3. The van der Waals surface area contributed by atoms with E-state index in [1.165, 1.54) is 17.2 Å². The number of nitrogens with zero attached hydrogens (tertiary/aromatic N) is 4. The van der Waals surface area contributed by atoms with Gasteiger partial charge in [0.15, 0.2) is 0 Å². The lowest BCUT2D eigenvalue weighted by molar-refractivity contribution is -0.141. The fourth-order valence-corrected chi connectivity index (χ4v) is 3.86. The molecule has 2 aliphatic rings. The average molecular weight is 431 g/mol. The van der Waals surface area contributed by atoms with Crippen LogP contribution in [0.5, 0.6) is 5.88 Å². The minimum Gasteiger partial charge on any atom is -0.475 e. The fourth-order valence-electron chi connectivity index (χ4n) is 3.86. The maximum absolute atomic E-state index is 13.1. The lowest BCUT2D eigenvalue weighted by atomic mass is 10.0. The minimum atomic E-state index is -4.57. The van der Waals surface area contributed by atoms with E-state index in [2.05, 4.69) is 15.0 Å². The molecule has 0 aliphatic carbocycles. The molecule has 1 amide bonds. The van der Waals surface area contributed by atoms with Gasteiger partial charge in [0.05, 0.1) is 31.0 Å². The second kappa shape index (κ2) is 6.77. The number of anilines is 1. The Hall–Kier alpha value is -3.47. The van der Waals surface area contributed by atoms with E-state index in [-0.39, 0.29) is 18.2 Å². The van der Waals surface area contributed by atoms with Gasteiger partial charge in [-0.05, 0) is 23.8 Å². The Morgan fingerprint density at radius 2 is 2.00 bits per heavy atom. The molecule has 31 heavy (non-hydrogen) atoms. The molecule has 0 saturated heterocycles. The standard InChI is InChI=1S/C20H16F3N5O3/c1-28(15-8-31-18-9(15)2-3-16(27-18)20(21,22)23)19(29)13-4-10-11-6-30-7-12(11)17(24)26-14(10)5-25-13/h2-5,15H,6-8H2,1H3,(H2,24,26)/t15-/m0/s1. The average Bonchev–Trinajstić information content (AvgIpc) is 3.39. The van der Waals surface area contributed by atoms with E-state index in [1.807, 2.05) is 0 Å². The third-order valence-corrected chi connectivity index (χ3v) is 5.54. The number of hydrogen-bond acceptors (Lipinski definition) is 7. The number of carbonyl (C=O) groups is 1. The van der Waals surface area contributed by atoms with E-state index in [1.54, 1.807) is 13.1 Å². The lowest BCUT2D eigenvalue weighted by Gasteiger charge is -2.23. The number of nitrogens with two attached hydrogens (primary N) is 1. The summed E-state index contributed by atoms with van der Waals surface area (Å²) in [7, 11) is 1.55. The number of hydrogen-bond donors (Lipinski definition) is 1. The van der Waals surface area contributed by atoms with Crippen LogP contribution >= 0.6 is 0 Å². The summed E-state index contributed by atoms with van der Waals surface area (Å²) in [6.07, 6.45) is -3.10. The van der Waals surface area contributed by atoms with Gasteiger partial charge in [0.25, 0.3) is 5.91 Å². The van der Waals surface area contributed by atoms with Crippen LogP contribution in [-0.2, 0) is 24.1 Å². The highest BCUT2D eigenvalue weighted by molar-refractivity contribution is 5.97. The monoisotopic (exact) mass is 431 g/mol. The predicted molar refractivity (Wildman–Crippen MR) is 102 cm³/mol. The van der Waals surface area contributed by atoms with Gasteiger partial charge in [0.2, 0.25) is 5.88 Å². The molecular weight excluding hydrogens is 415 g/mol. The van der Waals surface area contributed by atoms with Gasteiger partial charge in [-0.15, -0.1) is 0 Å². The van der Waals surface area contributed by atoms with Crippen molar-refractivity contribution < 1.29 is 27.4 Å². The normalized spacial score (nSPS) is 17.4. The molecule has 2 aliphatic heterocycles. The highest BCUT2D eigenvalue weighted by Gasteiger charge is 2.37. The van der Waals surface area contributed by atoms with Crippen LogP contribution in [0.3, 0.4) is 0 Å². The van der Waals surface area contributed by atoms with E-state index < -0.39 is 23.8 Å². The first kappa shape index (κ1) is 19.5. The molecule has 0 aromatic carbocycles. The molecule has 160 valence electrons. The number of carbonyl (C=O) groups excluding carboxylic acids is 1. The zero-order valence-electron chi connectivity index (χ0n) is 16.2. The number of aromatic nitrogens is 3. The summed E-state index contributed by atoms with van der Waals surface area (Å²) in [4.78, 5) is 26.6. The number of nitrogen functional groups attached to an aromatic ring is 1. The molecule has 0 bridgehead atoms. The molecular formula is C20H16F3N5O3. The Bertz CT molecular complexity index is 1230. The Balaban J connectivity index is 1.47. The first-order valence-electron chi connectivity index (χ1n) is 9.37. The number of likely N-dealkylation sites (N-methyl/N-ethyl adjacent to an activating group) is 1. The Kier molecular flexibility index (Phi) is 4.26. The number of rotatable bonds is 2. The number of pyridine rings is 3. The second-order valence-electron chi connectivity index (χ2n) is 7.37. The van der Waals surface area contributed by atoms with Crippen LogP contribution in [0, 0.1) is 0 Å². The first-order chi connectivity index (χ1) is 14.7. The van der Waals surface area contributed by atoms with Crippen LogP contribution in [-0.4, -0.2) is 39.4 Å². The SMILES string of the molecule is CN(C(=O)c1cc2c3c(c(N)nc2cn1)COC3)[C@H]1COc2nc(C(F)(F)F)ccc21. The van der Waals surface area contributed by atoms with Gasteiger partial charge in [-0.25, -0.2) is 15.0 Å². The number of halogens is 3. The van der Waals surface area contributed by atoms with E-state index in [9.17, 15) is 18.0 Å². The number of ether oxygens (including phenoxy) is 2. The summed E-state index contributed by atoms with van der Waals surface area (Å²) in [6.45, 7) is 0.725. The minimum absolute atomic E-state index is 0.000786. The van der Waals surface area contributed by atoms with Gasteiger partial charge in [-0.3, -0.25) is 4.79 Å². The molecule has 5 heterocycles. The van der Waals surface area contributed by atoms with Crippen LogP contribution in [0.2, 0.25) is 0 Å². The van der Waals surface area contributed by atoms with E-state index in [0.717, 1.165) is 22.6 Å². The molecule has 3 aromatic rings. The van der Waals surface area contributed by atoms with Crippen LogP contribution < -0.4 is 10.5 Å². The molecule has 11 heteroatoms. The van der Waals surface area contributed by atoms with Crippen LogP contribution in [0.15, 0.2) is 24.4 Å². The van der Waals surface area contributed by atoms with Crippen molar-refractivity contribution in [3.05, 3.63) is 52.5 Å². The predicted octanol–water partition coefficient (Wildman–Crippen LogP) is 2.86. The van der Waals surface area contributed by atoms with Crippen LogP contribution in [0.25, 0.3) is 10.9 Å². The van der Waals surface area contributed by atoms with E-state index in [4.69, 9.17) is 15.2 Å². The third-order valence-electron chi connectivity index (χ3n) is 5.54. The highest BCUT2D eigenvalue weighted by Crippen LogP contribution is 2.38. The molecule has 0 unspecified atom stereocenters. The molecule has 3 aromatic heterocycles. The second-order valence-corrected chi connectivity index (χ2v) is 7.37. The maximum Gasteiger partial charge on any atom is 0.433 e. The van der Waals surface area contributed by atoms with Crippen molar-refractivity contribution in [1.82, 2.24) is 19.9 Å². The fraction of sp³-hybridized carbons (Fsp3) is 0.300. The Morgan fingerprint density at radius 1 is 1.23 bits per heavy atom. The van der Waals surface area contributed by atoms with E-state index in [0.29, 0.717) is 30.1 Å². The smallest absolute Gasteiger partial charge is 0.433 e. The van der Waals surface area contributed by atoms with Gasteiger partial charge < -0.3 is 20.1 Å². The number of amides is 1. The molecule has 8 nitrogen and oxygen atoms in total.